The topological polar surface area (TPSA) is 57.6 Å². The van der Waals surface area contributed by atoms with E-state index in [1.165, 1.54) is 0 Å². The predicted octanol–water partition coefficient (Wildman–Crippen LogP) is 3.70. The first-order valence-corrected chi connectivity index (χ1v) is 8.60. The highest BCUT2D eigenvalue weighted by Crippen LogP contribution is 2.34. The van der Waals surface area contributed by atoms with E-state index in [0.717, 1.165) is 15.6 Å². The van der Waals surface area contributed by atoms with E-state index in [1.54, 1.807) is 11.0 Å². The van der Waals surface area contributed by atoms with E-state index >= 15 is 0 Å². The van der Waals surface area contributed by atoms with Crippen LogP contribution in [0, 0.1) is 12.8 Å². The highest BCUT2D eigenvalue weighted by atomic mass is 79.9. The molecule has 1 saturated heterocycles. The van der Waals surface area contributed by atoms with Crippen molar-refractivity contribution in [3.05, 3.63) is 69.7 Å². The number of halogens is 1. The second-order valence-corrected chi connectivity index (χ2v) is 7.05. The fourth-order valence-corrected chi connectivity index (χ4v) is 3.77. The molecular weight excluding hydrogens is 370 g/mol. The van der Waals surface area contributed by atoms with Crippen LogP contribution in [-0.2, 0) is 4.79 Å². The third-order valence-electron chi connectivity index (χ3n) is 4.57. The van der Waals surface area contributed by atoms with Gasteiger partial charge in [0.05, 0.1) is 5.92 Å². The van der Waals surface area contributed by atoms with Crippen molar-refractivity contribution in [1.82, 2.24) is 4.90 Å². The molecule has 124 valence electrons. The molecule has 1 heterocycles. The zero-order valence-corrected chi connectivity index (χ0v) is 14.9. The first-order valence-electron chi connectivity index (χ1n) is 7.80. The predicted molar refractivity (Wildman–Crippen MR) is 95.1 cm³/mol. The number of nitrogens with zero attached hydrogens (tertiary/aromatic N) is 1. The van der Waals surface area contributed by atoms with Crippen LogP contribution >= 0.6 is 15.9 Å². The fourth-order valence-electron chi connectivity index (χ4n) is 3.30. The van der Waals surface area contributed by atoms with Gasteiger partial charge in [-0.25, -0.2) is 0 Å². The van der Waals surface area contributed by atoms with E-state index in [-0.39, 0.29) is 18.4 Å². The molecular formula is C19H18BrNO3. The summed E-state index contributed by atoms with van der Waals surface area (Å²) in [5, 5.41) is 9.56. The molecule has 1 N–H and O–H groups in total. The van der Waals surface area contributed by atoms with Crippen molar-refractivity contribution in [2.24, 2.45) is 5.92 Å². The maximum Gasteiger partial charge on any atom is 0.308 e. The Hall–Kier alpha value is -2.14. The van der Waals surface area contributed by atoms with Gasteiger partial charge in [-0.05, 0) is 36.2 Å². The molecule has 0 unspecified atom stereocenters. The van der Waals surface area contributed by atoms with Crippen LogP contribution in [0.25, 0.3) is 0 Å². The van der Waals surface area contributed by atoms with Gasteiger partial charge < -0.3 is 10.0 Å². The van der Waals surface area contributed by atoms with Crippen molar-refractivity contribution >= 4 is 27.8 Å². The quantitative estimate of drug-likeness (QED) is 0.873. The van der Waals surface area contributed by atoms with Gasteiger partial charge in [-0.3, -0.25) is 9.59 Å². The van der Waals surface area contributed by atoms with E-state index in [0.29, 0.717) is 12.1 Å². The summed E-state index contributed by atoms with van der Waals surface area (Å²) in [6, 6.07) is 15.1. The van der Waals surface area contributed by atoms with E-state index in [2.05, 4.69) is 15.9 Å². The lowest BCUT2D eigenvalue weighted by molar-refractivity contribution is -0.141. The van der Waals surface area contributed by atoms with Gasteiger partial charge in [0.2, 0.25) is 0 Å². The van der Waals surface area contributed by atoms with Gasteiger partial charge in [-0.2, -0.15) is 0 Å². The molecule has 0 radical (unpaired) electrons. The van der Waals surface area contributed by atoms with Gasteiger partial charge >= 0.3 is 5.97 Å². The summed E-state index contributed by atoms with van der Waals surface area (Å²) in [6.07, 6.45) is 0. The van der Waals surface area contributed by atoms with Gasteiger partial charge in [0.25, 0.3) is 5.91 Å². The Kier molecular flexibility index (Phi) is 4.71. The standard InChI is InChI=1S/C19H18BrNO3/c1-12-9-14(20)7-8-15(12)18(22)21-10-16(17(11-21)19(23)24)13-5-3-2-4-6-13/h2-9,16-17H,10-11H2,1H3,(H,23,24)/t16-,17-/m0/s1. The molecule has 1 fully saturated rings. The number of hydrogen-bond donors (Lipinski definition) is 1. The Balaban J connectivity index is 1.87. The van der Waals surface area contributed by atoms with Gasteiger partial charge in [0.15, 0.2) is 0 Å². The molecule has 0 bridgehead atoms. The van der Waals surface area contributed by atoms with Gasteiger partial charge in [0.1, 0.15) is 0 Å². The van der Waals surface area contributed by atoms with Crippen molar-refractivity contribution in [1.29, 1.82) is 0 Å². The smallest absolute Gasteiger partial charge is 0.308 e. The number of carbonyl (C=O) groups excluding carboxylic acids is 1. The molecule has 5 heteroatoms. The number of carbonyl (C=O) groups is 2. The number of hydrogen-bond acceptors (Lipinski definition) is 2. The second kappa shape index (κ2) is 6.77. The Morgan fingerprint density at radius 1 is 1.12 bits per heavy atom. The number of carboxylic acid groups (broad SMARTS) is 1. The molecule has 1 aliphatic rings. The monoisotopic (exact) mass is 387 g/mol. The summed E-state index contributed by atoms with van der Waals surface area (Å²) in [5.41, 5.74) is 2.47. The molecule has 0 aromatic heterocycles. The van der Waals surface area contributed by atoms with Crippen LogP contribution < -0.4 is 0 Å². The van der Waals surface area contributed by atoms with E-state index in [4.69, 9.17) is 0 Å². The van der Waals surface area contributed by atoms with Crippen LogP contribution in [-0.4, -0.2) is 35.0 Å². The van der Waals surface area contributed by atoms with Crippen molar-refractivity contribution in [3.8, 4) is 0 Å². The van der Waals surface area contributed by atoms with E-state index in [1.807, 2.05) is 49.4 Å². The maximum atomic E-state index is 12.8. The summed E-state index contributed by atoms with van der Waals surface area (Å²) in [6.45, 7) is 2.55. The number of carboxylic acids is 1. The van der Waals surface area contributed by atoms with Crippen molar-refractivity contribution in [2.75, 3.05) is 13.1 Å². The Morgan fingerprint density at radius 3 is 2.46 bits per heavy atom. The first kappa shape index (κ1) is 16.7. The largest absolute Gasteiger partial charge is 0.481 e. The summed E-state index contributed by atoms with van der Waals surface area (Å²) in [7, 11) is 0. The first-order chi connectivity index (χ1) is 11.5. The van der Waals surface area contributed by atoms with Gasteiger partial charge in [0, 0.05) is 29.0 Å². The lowest BCUT2D eigenvalue weighted by atomic mass is 9.89. The minimum Gasteiger partial charge on any atom is -0.481 e. The zero-order valence-electron chi connectivity index (χ0n) is 13.3. The molecule has 0 spiro atoms. The minimum absolute atomic E-state index is 0.107. The normalized spacial score (nSPS) is 20.2. The summed E-state index contributed by atoms with van der Waals surface area (Å²) in [4.78, 5) is 26.2. The minimum atomic E-state index is -0.855. The SMILES string of the molecule is Cc1cc(Br)ccc1C(=O)N1C[C@H](C(=O)O)[C@H](c2ccccc2)C1. The lowest BCUT2D eigenvalue weighted by Gasteiger charge is -2.18. The molecule has 2 aromatic rings. The Labute approximate surface area is 149 Å². The van der Waals surface area contributed by atoms with E-state index < -0.39 is 11.9 Å². The number of likely N-dealkylation sites (tertiary alicyclic amines) is 1. The molecule has 0 aliphatic carbocycles. The average Bonchev–Trinajstić information content (AvgIpc) is 3.01. The second-order valence-electron chi connectivity index (χ2n) is 6.13. The number of benzene rings is 2. The number of aliphatic carboxylic acids is 1. The van der Waals surface area contributed by atoms with Crippen molar-refractivity contribution in [3.63, 3.8) is 0 Å². The van der Waals surface area contributed by atoms with Gasteiger partial charge in [-0.15, -0.1) is 0 Å². The Bertz CT molecular complexity index is 775. The third kappa shape index (κ3) is 3.22. The molecule has 2 atom stereocenters. The molecule has 4 nitrogen and oxygen atoms in total. The number of amides is 1. The van der Waals surface area contributed by atoms with Crippen LogP contribution in [0.2, 0.25) is 0 Å². The summed E-state index contributed by atoms with van der Waals surface area (Å²) in [5.74, 6) is -1.72. The maximum absolute atomic E-state index is 12.8. The molecule has 0 saturated carbocycles. The van der Waals surface area contributed by atoms with Crippen LogP contribution in [0.4, 0.5) is 0 Å². The Morgan fingerprint density at radius 2 is 1.83 bits per heavy atom. The van der Waals surface area contributed by atoms with Gasteiger partial charge in [-0.1, -0.05) is 46.3 Å². The van der Waals surface area contributed by atoms with Crippen molar-refractivity contribution in [2.45, 2.75) is 12.8 Å². The number of rotatable bonds is 3. The molecule has 2 aromatic carbocycles. The van der Waals surface area contributed by atoms with Crippen LogP contribution in [0.5, 0.6) is 0 Å². The lowest BCUT2D eigenvalue weighted by Crippen LogP contribution is -2.30. The molecule has 1 aliphatic heterocycles. The summed E-state index contributed by atoms with van der Waals surface area (Å²) >= 11 is 3.40. The zero-order chi connectivity index (χ0) is 17.3. The van der Waals surface area contributed by atoms with Crippen molar-refractivity contribution < 1.29 is 14.7 Å². The molecule has 24 heavy (non-hydrogen) atoms. The van der Waals surface area contributed by atoms with Crippen LogP contribution in [0.15, 0.2) is 53.0 Å². The van der Waals surface area contributed by atoms with Crippen LogP contribution in [0.1, 0.15) is 27.4 Å². The van der Waals surface area contributed by atoms with Crippen LogP contribution in [0.3, 0.4) is 0 Å². The average molecular weight is 388 g/mol. The molecule has 3 rings (SSSR count). The fraction of sp³-hybridized carbons (Fsp3) is 0.263. The highest BCUT2D eigenvalue weighted by molar-refractivity contribution is 9.10. The third-order valence-corrected chi connectivity index (χ3v) is 5.06. The van der Waals surface area contributed by atoms with E-state index in [9.17, 15) is 14.7 Å². The molecule has 1 amide bonds. The highest BCUT2D eigenvalue weighted by Gasteiger charge is 2.40. The summed E-state index contributed by atoms with van der Waals surface area (Å²) < 4.78 is 0.920. The number of aryl methyl sites for hydroxylation is 1.